The minimum Gasteiger partial charge on any atom is -0.396 e. The van der Waals surface area contributed by atoms with Crippen molar-refractivity contribution >= 4 is 5.91 Å². The van der Waals surface area contributed by atoms with E-state index in [2.05, 4.69) is 10.2 Å². The van der Waals surface area contributed by atoms with Crippen molar-refractivity contribution < 1.29 is 9.90 Å². The molecule has 2 aromatic rings. The van der Waals surface area contributed by atoms with E-state index in [0.29, 0.717) is 24.6 Å². The van der Waals surface area contributed by atoms with Crippen molar-refractivity contribution in [1.82, 2.24) is 14.8 Å². The number of aliphatic hydroxyl groups is 1. The van der Waals surface area contributed by atoms with E-state index in [0.717, 1.165) is 38.0 Å². The zero-order valence-corrected chi connectivity index (χ0v) is 14.8. The predicted octanol–water partition coefficient (Wildman–Crippen LogP) is 2.16. The van der Waals surface area contributed by atoms with Crippen molar-refractivity contribution in [2.75, 3.05) is 19.7 Å². The van der Waals surface area contributed by atoms with E-state index in [9.17, 15) is 9.90 Å². The standard InChI is InChI=1S/C20H27N3O2/c1-22-9-6-18(13-22)12-21-20(25)19-4-2-16(3-5-19)14-23-10-7-17(15-24)8-11-23/h2-6,9,13,17,24H,7-8,10-12,14-15H2,1H3,(H,21,25). The minimum absolute atomic E-state index is 0.0424. The van der Waals surface area contributed by atoms with Crippen LogP contribution in [0.4, 0.5) is 0 Å². The number of rotatable bonds is 6. The van der Waals surface area contributed by atoms with Crippen molar-refractivity contribution in [3.05, 3.63) is 59.4 Å². The molecular weight excluding hydrogens is 314 g/mol. The lowest BCUT2D eigenvalue weighted by Crippen LogP contribution is -2.34. The first kappa shape index (κ1) is 17.7. The van der Waals surface area contributed by atoms with Gasteiger partial charge in [-0.25, -0.2) is 0 Å². The molecule has 1 aromatic heterocycles. The molecule has 5 heteroatoms. The molecule has 1 aromatic carbocycles. The smallest absolute Gasteiger partial charge is 0.251 e. The molecule has 1 fully saturated rings. The second-order valence-corrected chi connectivity index (χ2v) is 6.97. The van der Waals surface area contributed by atoms with Crippen LogP contribution in [0.25, 0.3) is 0 Å². The highest BCUT2D eigenvalue weighted by Gasteiger charge is 2.18. The fourth-order valence-electron chi connectivity index (χ4n) is 3.30. The largest absolute Gasteiger partial charge is 0.396 e. The van der Waals surface area contributed by atoms with Crippen LogP contribution >= 0.6 is 0 Å². The molecule has 1 aliphatic heterocycles. The van der Waals surface area contributed by atoms with Crippen LogP contribution in [-0.4, -0.2) is 40.2 Å². The summed E-state index contributed by atoms with van der Waals surface area (Å²) >= 11 is 0. The minimum atomic E-state index is -0.0424. The topological polar surface area (TPSA) is 57.5 Å². The summed E-state index contributed by atoms with van der Waals surface area (Å²) in [5, 5.41) is 12.2. The average Bonchev–Trinajstić information content (AvgIpc) is 3.06. The number of hydrogen-bond donors (Lipinski definition) is 2. The van der Waals surface area contributed by atoms with E-state index in [4.69, 9.17) is 0 Å². The molecule has 5 nitrogen and oxygen atoms in total. The maximum Gasteiger partial charge on any atom is 0.251 e. The molecule has 2 N–H and O–H groups in total. The quantitative estimate of drug-likeness (QED) is 0.846. The number of carbonyl (C=O) groups is 1. The summed E-state index contributed by atoms with van der Waals surface area (Å²) in [7, 11) is 1.97. The van der Waals surface area contributed by atoms with Crippen LogP contribution in [0, 0.1) is 5.92 Å². The van der Waals surface area contributed by atoms with E-state index in [1.807, 2.05) is 54.3 Å². The van der Waals surface area contributed by atoms with Crippen LogP contribution in [0.5, 0.6) is 0 Å². The maximum absolute atomic E-state index is 12.2. The summed E-state index contributed by atoms with van der Waals surface area (Å²) < 4.78 is 1.97. The molecular formula is C20H27N3O2. The van der Waals surface area contributed by atoms with Crippen LogP contribution in [0.2, 0.25) is 0 Å². The summed E-state index contributed by atoms with van der Waals surface area (Å²) in [6.07, 6.45) is 6.11. The summed E-state index contributed by atoms with van der Waals surface area (Å²) in [5.74, 6) is 0.422. The number of nitrogens with zero attached hydrogens (tertiary/aromatic N) is 2. The zero-order chi connectivity index (χ0) is 17.6. The number of likely N-dealkylation sites (tertiary alicyclic amines) is 1. The van der Waals surface area contributed by atoms with Crippen LogP contribution < -0.4 is 5.32 Å². The number of nitrogens with one attached hydrogen (secondary N) is 1. The highest BCUT2D eigenvalue weighted by molar-refractivity contribution is 5.94. The van der Waals surface area contributed by atoms with Gasteiger partial charge in [0.15, 0.2) is 0 Å². The molecule has 3 rings (SSSR count). The van der Waals surface area contributed by atoms with Gasteiger partial charge in [-0.3, -0.25) is 9.69 Å². The van der Waals surface area contributed by atoms with Gasteiger partial charge in [-0.2, -0.15) is 0 Å². The predicted molar refractivity (Wildman–Crippen MR) is 98.1 cm³/mol. The third-order valence-corrected chi connectivity index (χ3v) is 4.93. The van der Waals surface area contributed by atoms with E-state index < -0.39 is 0 Å². The van der Waals surface area contributed by atoms with Gasteiger partial charge in [0.05, 0.1) is 0 Å². The third kappa shape index (κ3) is 4.94. The van der Waals surface area contributed by atoms with Crippen molar-refractivity contribution in [3.63, 3.8) is 0 Å². The molecule has 25 heavy (non-hydrogen) atoms. The van der Waals surface area contributed by atoms with Crippen molar-refractivity contribution in [2.24, 2.45) is 13.0 Å². The zero-order valence-electron chi connectivity index (χ0n) is 14.8. The number of aliphatic hydroxyl groups excluding tert-OH is 1. The summed E-state index contributed by atoms with van der Waals surface area (Å²) in [6.45, 7) is 3.82. The summed E-state index contributed by atoms with van der Waals surface area (Å²) in [5.41, 5.74) is 3.01. The Kier molecular flexibility index (Phi) is 5.89. The second-order valence-electron chi connectivity index (χ2n) is 6.97. The lowest BCUT2D eigenvalue weighted by molar-refractivity contribution is 0.0951. The first-order valence-corrected chi connectivity index (χ1v) is 8.95. The fraction of sp³-hybridized carbons (Fsp3) is 0.450. The van der Waals surface area contributed by atoms with Gasteiger partial charge in [-0.15, -0.1) is 0 Å². The Morgan fingerprint density at radius 2 is 1.88 bits per heavy atom. The molecule has 0 spiro atoms. The Morgan fingerprint density at radius 1 is 1.16 bits per heavy atom. The van der Waals surface area contributed by atoms with Gasteiger partial charge < -0.3 is 15.0 Å². The third-order valence-electron chi connectivity index (χ3n) is 4.93. The molecule has 134 valence electrons. The monoisotopic (exact) mass is 341 g/mol. The molecule has 0 unspecified atom stereocenters. The van der Waals surface area contributed by atoms with Crippen molar-refractivity contribution in [1.29, 1.82) is 0 Å². The normalized spacial score (nSPS) is 16.1. The molecule has 0 aliphatic carbocycles. The number of carbonyl (C=O) groups excluding carboxylic acids is 1. The second kappa shape index (κ2) is 8.32. The van der Waals surface area contributed by atoms with E-state index in [1.165, 1.54) is 5.56 Å². The molecule has 0 bridgehead atoms. The number of piperidine rings is 1. The molecule has 0 atom stereocenters. The molecule has 1 saturated heterocycles. The van der Waals surface area contributed by atoms with E-state index in [1.54, 1.807) is 0 Å². The Labute approximate surface area is 149 Å². The Morgan fingerprint density at radius 3 is 2.48 bits per heavy atom. The molecule has 1 amide bonds. The van der Waals surface area contributed by atoms with E-state index >= 15 is 0 Å². The maximum atomic E-state index is 12.2. The lowest BCUT2D eigenvalue weighted by atomic mass is 9.97. The fourth-order valence-corrected chi connectivity index (χ4v) is 3.30. The first-order valence-electron chi connectivity index (χ1n) is 8.95. The average molecular weight is 341 g/mol. The molecule has 1 aliphatic rings. The SMILES string of the molecule is Cn1ccc(CNC(=O)c2ccc(CN3CCC(CO)CC3)cc2)c1. The van der Waals surface area contributed by atoms with Gasteiger partial charge in [0.1, 0.15) is 0 Å². The van der Waals surface area contributed by atoms with Crippen molar-refractivity contribution in [3.8, 4) is 0 Å². The van der Waals surface area contributed by atoms with Gasteiger partial charge in [0, 0.05) is 44.7 Å². The van der Waals surface area contributed by atoms with Gasteiger partial charge >= 0.3 is 0 Å². The summed E-state index contributed by atoms with van der Waals surface area (Å²) in [6, 6.07) is 9.88. The van der Waals surface area contributed by atoms with Gasteiger partial charge in [-0.1, -0.05) is 12.1 Å². The van der Waals surface area contributed by atoms with E-state index in [-0.39, 0.29) is 5.91 Å². The van der Waals surface area contributed by atoms with Gasteiger partial charge in [0.25, 0.3) is 5.91 Å². The number of aryl methyl sites for hydroxylation is 1. The van der Waals surface area contributed by atoms with Gasteiger partial charge in [0.2, 0.25) is 0 Å². The Hall–Kier alpha value is -2.11. The lowest BCUT2D eigenvalue weighted by Gasteiger charge is -2.31. The Balaban J connectivity index is 1.49. The highest BCUT2D eigenvalue weighted by Crippen LogP contribution is 2.18. The highest BCUT2D eigenvalue weighted by atomic mass is 16.3. The number of benzene rings is 1. The molecule has 2 heterocycles. The Bertz CT molecular complexity index is 685. The van der Waals surface area contributed by atoms with Crippen molar-refractivity contribution in [2.45, 2.75) is 25.9 Å². The number of aromatic nitrogens is 1. The van der Waals surface area contributed by atoms with Gasteiger partial charge in [-0.05, 0) is 61.2 Å². The summed E-state index contributed by atoms with van der Waals surface area (Å²) in [4.78, 5) is 14.7. The van der Waals surface area contributed by atoms with Crippen LogP contribution in [-0.2, 0) is 20.1 Å². The molecule has 0 saturated carbocycles. The number of hydrogen-bond acceptors (Lipinski definition) is 3. The molecule has 0 radical (unpaired) electrons. The first-order chi connectivity index (χ1) is 12.1. The van der Waals surface area contributed by atoms with Crippen LogP contribution in [0.3, 0.4) is 0 Å². The number of amides is 1. The van der Waals surface area contributed by atoms with Crippen LogP contribution in [0.1, 0.15) is 34.3 Å². The van der Waals surface area contributed by atoms with Crippen LogP contribution in [0.15, 0.2) is 42.7 Å².